The zero-order valence-corrected chi connectivity index (χ0v) is 17.6. The average Bonchev–Trinajstić information content (AvgIpc) is 3.11. The molecule has 2 heterocycles. The van der Waals surface area contributed by atoms with Crippen LogP contribution in [-0.2, 0) is 20.2 Å². The lowest BCUT2D eigenvalue weighted by molar-refractivity contribution is -0.895. The molecule has 2 N–H and O–H groups in total. The molecule has 1 saturated heterocycles. The molecule has 1 aliphatic rings. The van der Waals surface area contributed by atoms with Crippen molar-refractivity contribution in [3.8, 4) is 0 Å². The number of quaternary nitrogens is 1. The molecule has 10 heteroatoms. The van der Waals surface area contributed by atoms with Gasteiger partial charge in [0.1, 0.15) is 5.82 Å². The van der Waals surface area contributed by atoms with E-state index in [-0.39, 0.29) is 35.9 Å². The number of hydrogen-bond acceptors (Lipinski definition) is 5. The maximum atomic E-state index is 13.4. The minimum Gasteiger partial charge on any atom is -0.338 e. The van der Waals surface area contributed by atoms with Crippen molar-refractivity contribution in [1.29, 1.82) is 0 Å². The van der Waals surface area contributed by atoms with E-state index < -0.39 is 15.8 Å². The minimum atomic E-state index is -3.74. The normalized spacial score (nSPS) is 16.7. The molecule has 0 saturated carbocycles. The van der Waals surface area contributed by atoms with E-state index >= 15 is 0 Å². The van der Waals surface area contributed by atoms with Gasteiger partial charge in [-0.2, -0.15) is 4.31 Å². The molecule has 1 amide bonds. The van der Waals surface area contributed by atoms with Gasteiger partial charge in [-0.15, -0.1) is 0 Å². The van der Waals surface area contributed by atoms with Crippen molar-refractivity contribution in [2.24, 2.45) is 0 Å². The van der Waals surface area contributed by atoms with Crippen LogP contribution in [0.1, 0.15) is 26.5 Å². The maximum absolute atomic E-state index is 13.4. The summed E-state index contributed by atoms with van der Waals surface area (Å²) < 4.78 is 45.2. The number of carbonyl (C=O) groups is 1. The Bertz CT molecular complexity index is 976. The summed E-state index contributed by atoms with van der Waals surface area (Å²) in [6, 6.07) is 6.69. The van der Waals surface area contributed by atoms with Gasteiger partial charge in [0.2, 0.25) is 15.9 Å². The van der Waals surface area contributed by atoms with Crippen LogP contribution in [-0.4, -0.2) is 56.5 Å². The molecule has 1 aliphatic heterocycles. The minimum absolute atomic E-state index is 0.0568. The zero-order valence-electron chi connectivity index (χ0n) is 16.7. The number of anilines is 1. The molecule has 0 spiro atoms. The number of piperazine rings is 1. The van der Waals surface area contributed by atoms with Crippen molar-refractivity contribution in [3.63, 3.8) is 0 Å². The molecular formula is C19H26FN4O4S+. The van der Waals surface area contributed by atoms with Crippen molar-refractivity contribution >= 4 is 21.8 Å². The van der Waals surface area contributed by atoms with Crippen LogP contribution < -0.4 is 10.2 Å². The summed E-state index contributed by atoms with van der Waals surface area (Å²) >= 11 is 0. The van der Waals surface area contributed by atoms with Gasteiger partial charge in [-0.25, -0.2) is 12.8 Å². The van der Waals surface area contributed by atoms with Gasteiger partial charge in [-0.05, 0) is 18.2 Å². The molecule has 1 fully saturated rings. The zero-order chi connectivity index (χ0) is 21.2. The van der Waals surface area contributed by atoms with Crippen LogP contribution in [0.4, 0.5) is 10.3 Å². The number of amides is 1. The summed E-state index contributed by atoms with van der Waals surface area (Å²) in [4.78, 5) is 13.2. The predicted molar refractivity (Wildman–Crippen MR) is 105 cm³/mol. The highest BCUT2D eigenvalue weighted by atomic mass is 32.2. The molecule has 3 rings (SSSR count). The Balaban J connectivity index is 1.53. The first-order valence-electron chi connectivity index (χ1n) is 9.42. The molecule has 1 aromatic carbocycles. The smallest absolute Gasteiger partial charge is 0.281 e. The quantitative estimate of drug-likeness (QED) is 0.733. The SMILES string of the molecule is CC(C)(C)c1cc(NC(=O)C[NH+]2CCN(S(=O)(=O)c3cccc(F)c3)CC2)on1. The molecule has 158 valence electrons. The first-order chi connectivity index (χ1) is 13.6. The number of nitrogens with zero attached hydrogens (tertiary/aromatic N) is 2. The topological polar surface area (TPSA) is 97.0 Å². The Morgan fingerprint density at radius 1 is 1.28 bits per heavy atom. The third-order valence-corrected chi connectivity index (χ3v) is 6.71. The molecular weight excluding hydrogens is 399 g/mol. The Kier molecular flexibility index (Phi) is 6.06. The second kappa shape index (κ2) is 8.21. The number of sulfonamides is 1. The lowest BCUT2D eigenvalue weighted by Gasteiger charge is -2.31. The molecule has 1 aromatic heterocycles. The van der Waals surface area contributed by atoms with E-state index in [0.29, 0.717) is 19.0 Å². The van der Waals surface area contributed by atoms with Crippen LogP contribution in [0, 0.1) is 5.82 Å². The second-order valence-electron chi connectivity index (χ2n) is 8.16. The fraction of sp³-hybridized carbons (Fsp3) is 0.474. The van der Waals surface area contributed by atoms with Gasteiger partial charge < -0.3 is 9.42 Å². The Morgan fingerprint density at radius 3 is 2.55 bits per heavy atom. The van der Waals surface area contributed by atoms with Crippen molar-refractivity contribution in [2.45, 2.75) is 31.1 Å². The number of nitrogens with one attached hydrogen (secondary N) is 2. The highest BCUT2D eigenvalue weighted by Gasteiger charge is 2.31. The Hall–Kier alpha value is -2.30. The summed E-state index contributed by atoms with van der Waals surface area (Å²) in [6.45, 7) is 7.67. The number of carbonyl (C=O) groups excluding carboxylic acids is 1. The standard InChI is InChI=1S/C19H25FN4O4S/c1-19(2,3)16-12-18(28-22-16)21-17(25)13-23-7-9-24(10-8-23)29(26,27)15-6-4-5-14(20)11-15/h4-6,11-12H,7-10,13H2,1-3H3,(H,21,25)/p+1. The first-order valence-corrected chi connectivity index (χ1v) is 10.9. The summed E-state index contributed by atoms with van der Waals surface area (Å²) in [6.07, 6.45) is 0. The first kappa shape index (κ1) is 21.4. The van der Waals surface area contributed by atoms with E-state index in [1.54, 1.807) is 6.07 Å². The van der Waals surface area contributed by atoms with Crippen LogP contribution in [0.2, 0.25) is 0 Å². The summed E-state index contributed by atoms with van der Waals surface area (Å²) in [5, 5.41) is 6.66. The van der Waals surface area contributed by atoms with Gasteiger partial charge in [0.05, 0.1) is 36.8 Å². The van der Waals surface area contributed by atoms with Gasteiger partial charge >= 0.3 is 0 Å². The Morgan fingerprint density at radius 2 is 1.97 bits per heavy atom. The fourth-order valence-electron chi connectivity index (χ4n) is 3.09. The van der Waals surface area contributed by atoms with Crippen molar-refractivity contribution in [2.75, 3.05) is 38.0 Å². The monoisotopic (exact) mass is 425 g/mol. The van der Waals surface area contributed by atoms with Gasteiger partial charge in [-0.1, -0.05) is 32.0 Å². The fourth-order valence-corrected chi connectivity index (χ4v) is 4.57. The predicted octanol–water partition coefficient (Wildman–Crippen LogP) is 0.639. The molecule has 0 unspecified atom stereocenters. The number of benzene rings is 1. The maximum Gasteiger partial charge on any atom is 0.281 e. The van der Waals surface area contributed by atoms with Crippen molar-refractivity contribution in [3.05, 3.63) is 41.8 Å². The van der Waals surface area contributed by atoms with Crippen LogP contribution in [0.5, 0.6) is 0 Å². The summed E-state index contributed by atoms with van der Waals surface area (Å²) in [5.74, 6) is -0.515. The molecule has 29 heavy (non-hydrogen) atoms. The van der Waals surface area contributed by atoms with E-state index in [1.807, 2.05) is 20.8 Å². The number of hydrogen-bond donors (Lipinski definition) is 2. The van der Waals surface area contributed by atoms with E-state index in [0.717, 1.165) is 16.7 Å². The highest BCUT2D eigenvalue weighted by molar-refractivity contribution is 7.89. The molecule has 0 aliphatic carbocycles. The summed E-state index contributed by atoms with van der Waals surface area (Å²) in [7, 11) is -3.74. The van der Waals surface area contributed by atoms with Crippen LogP contribution in [0.15, 0.2) is 39.8 Å². The van der Waals surface area contributed by atoms with E-state index in [4.69, 9.17) is 4.52 Å². The largest absolute Gasteiger partial charge is 0.338 e. The molecule has 0 radical (unpaired) electrons. The molecule has 8 nitrogen and oxygen atoms in total. The molecule has 0 atom stereocenters. The van der Waals surface area contributed by atoms with Gasteiger partial charge in [0, 0.05) is 11.5 Å². The third kappa shape index (κ3) is 5.20. The second-order valence-corrected chi connectivity index (χ2v) is 10.1. The van der Waals surface area contributed by atoms with Gasteiger partial charge in [0.15, 0.2) is 6.54 Å². The van der Waals surface area contributed by atoms with Crippen LogP contribution in [0.25, 0.3) is 0 Å². The number of halogens is 1. The van der Waals surface area contributed by atoms with Crippen LogP contribution in [0.3, 0.4) is 0 Å². The highest BCUT2D eigenvalue weighted by Crippen LogP contribution is 2.23. The molecule has 2 aromatic rings. The lowest BCUT2D eigenvalue weighted by Crippen LogP contribution is -3.15. The third-order valence-electron chi connectivity index (χ3n) is 4.82. The van der Waals surface area contributed by atoms with Crippen LogP contribution >= 0.6 is 0 Å². The van der Waals surface area contributed by atoms with Crippen molar-refractivity contribution < 1.29 is 27.0 Å². The van der Waals surface area contributed by atoms with Crippen molar-refractivity contribution in [1.82, 2.24) is 9.46 Å². The average molecular weight is 426 g/mol. The van der Waals surface area contributed by atoms with E-state index in [9.17, 15) is 17.6 Å². The molecule has 0 bridgehead atoms. The van der Waals surface area contributed by atoms with E-state index in [2.05, 4.69) is 10.5 Å². The number of rotatable bonds is 5. The van der Waals surface area contributed by atoms with Gasteiger partial charge in [0.25, 0.3) is 5.91 Å². The Labute approximate surface area is 169 Å². The van der Waals surface area contributed by atoms with Gasteiger partial charge in [-0.3, -0.25) is 10.1 Å². The number of aromatic nitrogens is 1. The lowest BCUT2D eigenvalue weighted by atomic mass is 9.92. The van der Waals surface area contributed by atoms with E-state index in [1.165, 1.54) is 22.5 Å². The summed E-state index contributed by atoms with van der Waals surface area (Å²) in [5.41, 5.74) is 0.567.